The first-order valence-corrected chi connectivity index (χ1v) is 11.8. The molecule has 3 rings (SSSR count). The molecule has 2 fully saturated rings. The van der Waals surface area contributed by atoms with E-state index in [1.165, 1.54) is 16.4 Å². The van der Waals surface area contributed by atoms with Gasteiger partial charge in [-0.25, -0.2) is 16.8 Å². The van der Waals surface area contributed by atoms with Crippen molar-refractivity contribution in [2.75, 3.05) is 24.7 Å². The van der Waals surface area contributed by atoms with Crippen LogP contribution in [0.5, 0.6) is 0 Å². The Morgan fingerprint density at radius 2 is 2.13 bits per heavy atom. The zero-order valence-electron chi connectivity index (χ0n) is 12.4. The topological polar surface area (TPSA) is 80.8 Å². The Labute approximate surface area is 145 Å². The van der Waals surface area contributed by atoms with E-state index in [4.69, 9.17) is 16.3 Å². The minimum Gasteiger partial charge on any atom is -0.377 e. The summed E-state index contributed by atoms with van der Waals surface area (Å²) in [5.41, 5.74) is 0. The number of ether oxygens (including phenoxy) is 1. The van der Waals surface area contributed by atoms with Crippen molar-refractivity contribution in [1.29, 1.82) is 0 Å². The van der Waals surface area contributed by atoms with Crippen LogP contribution in [-0.4, -0.2) is 57.9 Å². The standard InChI is InChI=1S/C13H18ClNO5S3/c14-12-3-4-13(21-12)23(18,19)15(8-11-2-1-6-20-11)10-5-7-22(16,17)9-10/h3-4,10-11H,1-2,5-9H2. The van der Waals surface area contributed by atoms with Crippen molar-refractivity contribution >= 4 is 42.8 Å². The smallest absolute Gasteiger partial charge is 0.252 e. The number of thiophene rings is 1. The van der Waals surface area contributed by atoms with Gasteiger partial charge in [0.05, 0.1) is 21.9 Å². The van der Waals surface area contributed by atoms with Crippen LogP contribution in [0.2, 0.25) is 4.34 Å². The number of sulfone groups is 1. The Bertz CT molecular complexity index is 767. The summed E-state index contributed by atoms with van der Waals surface area (Å²) < 4.78 is 56.9. The number of hydrogen-bond donors (Lipinski definition) is 0. The lowest BCUT2D eigenvalue weighted by Crippen LogP contribution is -2.44. The van der Waals surface area contributed by atoms with Gasteiger partial charge in [-0.2, -0.15) is 4.31 Å². The zero-order chi connectivity index (χ0) is 16.7. The van der Waals surface area contributed by atoms with E-state index in [-0.39, 0.29) is 28.4 Å². The predicted octanol–water partition coefficient (Wildman–Crippen LogP) is 1.76. The highest BCUT2D eigenvalue weighted by atomic mass is 35.5. The molecule has 0 amide bonds. The maximum absolute atomic E-state index is 13.0. The van der Waals surface area contributed by atoms with Gasteiger partial charge in [0.15, 0.2) is 9.84 Å². The van der Waals surface area contributed by atoms with Gasteiger partial charge in [-0.15, -0.1) is 11.3 Å². The van der Waals surface area contributed by atoms with Crippen molar-refractivity contribution in [2.45, 2.75) is 35.6 Å². The van der Waals surface area contributed by atoms with Crippen molar-refractivity contribution in [3.05, 3.63) is 16.5 Å². The van der Waals surface area contributed by atoms with E-state index in [1.807, 2.05) is 0 Å². The highest BCUT2D eigenvalue weighted by Gasteiger charge is 2.40. The van der Waals surface area contributed by atoms with E-state index in [9.17, 15) is 16.8 Å². The summed E-state index contributed by atoms with van der Waals surface area (Å²) in [6, 6.07) is 2.47. The average Bonchev–Trinajstić information content (AvgIpc) is 3.17. The number of halogens is 1. The molecule has 1 aromatic rings. The summed E-state index contributed by atoms with van der Waals surface area (Å²) >= 11 is 6.85. The van der Waals surface area contributed by atoms with Crippen molar-refractivity contribution < 1.29 is 21.6 Å². The third-order valence-corrected chi connectivity index (χ3v) is 9.50. The summed E-state index contributed by atoms with van der Waals surface area (Å²) in [7, 11) is -6.96. The number of rotatable bonds is 5. The Morgan fingerprint density at radius 3 is 2.65 bits per heavy atom. The Balaban J connectivity index is 1.90. The molecule has 2 aliphatic heterocycles. The third kappa shape index (κ3) is 3.91. The van der Waals surface area contributed by atoms with Gasteiger partial charge in [0, 0.05) is 19.2 Å². The molecule has 0 spiro atoms. The van der Waals surface area contributed by atoms with Crippen molar-refractivity contribution in [3.63, 3.8) is 0 Å². The number of hydrogen-bond acceptors (Lipinski definition) is 6. The minimum absolute atomic E-state index is 0.0282. The molecule has 6 nitrogen and oxygen atoms in total. The molecule has 130 valence electrons. The van der Waals surface area contributed by atoms with E-state index in [1.54, 1.807) is 0 Å². The third-order valence-electron chi connectivity index (χ3n) is 4.13. The lowest BCUT2D eigenvalue weighted by molar-refractivity contribution is 0.0877. The summed E-state index contributed by atoms with van der Waals surface area (Å²) in [4.78, 5) is 0. The molecule has 1 aromatic heterocycles. The molecule has 2 saturated heterocycles. The van der Waals surface area contributed by atoms with E-state index in [0.717, 1.165) is 24.2 Å². The largest absolute Gasteiger partial charge is 0.377 e. The molecule has 23 heavy (non-hydrogen) atoms. The van der Waals surface area contributed by atoms with Gasteiger partial charge >= 0.3 is 0 Å². The maximum Gasteiger partial charge on any atom is 0.252 e. The van der Waals surface area contributed by atoms with Crippen molar-refractivity contribution in [3.8, 4) is 0 Å². The fraction of sp³-hybridized carbons (Fsp3) is 0.692. The summed E-state index contributed by atoms with van der Waals surface area (Å²) in [6.07, 6.45) is 1.83. The van der Waals surface area contributed by atoms with Crippen LogP contribution in [-0.2, 0) is 24.6 Å². The molecule has 2 atom stereocenters. The van der Waals surface area contributed by atoms with Crippen LogP contribution in [0.4, 0.5) is 0 Å². The van der Waals surface area contributed by atoms with E-state index >= 15 is 0 Å². The molecule has 0 radical (unpaired) electrons. The summed E-state index contributed by atoms with van der Waals surface area (Å²) in [5.74, 6) is -0.0987. The van der Waals surface area contributed by atoms with Crippen LogP contribution in [0.15, 0.2) is 16.3 Å². The first-order valence-electron chi connectivity index (χ1n) is 7.37. The van der Waals surface area contributed by atoms with Gasteiger partial charge in [-0.3, -0.25) is 0 Å². The van der Waals surface area contributed by atoms with Crippen LogP contribution in [0, 0.1) is 0 Å². The van der Waals surface area contributed by atoms with Gasteiger partial charge in [0.25, 0.3) is 10.0 Å². The molecular formula is C13H18ClNO5S3. The molecule has 2 unspecified atom stereocenters. The number of nitrogens with zero attached hydrogens (tertiary/aromatic N) is 1. The quantitative estimate of drug-likeness (QED) is 0.753. The van der Waals surface area contributed by atoms with Crippen LogP contribution in [0.1, 0.15) is 19.3 Å². The zero-order valence-corrected chi connectivity index (χ0v) is 15.6. The first-order chi connectivity index (χ1) is 10.8. The molecule has 0 saturated carbocycles. The van der Waals surface area contributed by atoms with Crippen molar-refractivity contribution in [2.24, 2.45) is 0 Å². The van der Waals surface area contributed by atoms with Gasteiger partial charge in [0.1, 0.15) is 4.21 Å². The average molecular weight is 400 g/mol. The molecule has 0 N–H and O–H groups in total. The van der Waals surface area contributed by atoms with Crippen LogP contribution in [0.25, 0.3) is 0 Å². The molecular weight excluding hydrogens is 382 g/mol. The lowest BCUT2D eigenvalue weighted by atomic mass is 10.2. The fourth-order valence-electron chi connectivity index (χ4n) is 2.99. The van der Waals surface area contributed by atoms with E-state index < -0.39 is 25.9 Å². The second kappa shape index (κ2) is 6.61. The van der Waals surface area contributed by atoms with Crippen molar-refractivity contribution in [1.82, 2.24) is 4.31 Å². The molecule has 3 heterocycles. The highest BCUT2D eigenvalue weighted by Crippen LogP contribution is 2.32. The van der Waals surface area contributed by atoms with Crippen LogP contribution >= 0.6 is 22.9 Å². The second-order valence-electron chi connectivity index (χ2n) is 5.83. The Hall–Kier alpha value is -0.190. The first kappa shape index (κ1) is 17.6. The molecule has 2 aliphatic rings. The van der Waals surface area contributed by atoms with Gasteiger partial charge < -0.3 is 4.74 Å². The lowest BCUT2D eigenvalue weighted by Gasteiger charge is -2.28. The second-order valence-corrected chi connectivity index (χ2v) is 11.9. The monoisotopic (exact) mass is 399 g/mol. The SMILES string of the molecule is O=S1(=O)CCC(N(CC2CCCO2)S(=O)(=O)c2ccc(Cl)s2)C1. The number of sulfonamides is 1. The van der Waals surface area contributed by atoms with E-state index in [2.05, 4.69) is 0 Å². The summed E-state index contributed by atoms with van der Waals surface area (Å²) in [5, 5.41) is 0. The molecule has 0 bridgehead atoms. The normalized spacial score (nSPS) is 27.7. The van der Waals surface area contributed by atoms with Crippen LogP contribution in [0.3, 0.4) is 0 Å². The highest BCUT2D eigenvalue weighted by molar-refractivity contribution is 7.92. The molecule has 10 heteroatoms. The maximum atomic E-state index is 13.0. The molecule has 0 aromatic carbocycles. The van der Waals surface area contributed by atoms with Gasteiger partial charge in [-0.1, -0.05) is 11.6 Å². The Kier molecular flexibility index (Phi) is 5.06. The summed E-state index contributed by atoms with van der Waals surface area (Å²) in [6.45, 7) is 0.810. The van der Waals surface area contributed by atoms with Crippen LogP contribution < -0.4 is 0 Å². The van der Waals surface area contributed by atoms with E-state index in [0.29, 0.717) is 17.4 Å². The Morgan fingerprint density at radius 1 is 1.35 bits per heavy atom. The van der Waals surface area contributed by atoms with Gasteiger partial charge in [0.2, 0.25) is 0 Å². The van der Waals surface area contributed by atoms with Gasteiger partial charge in [-0.05, 0) is 31.4 Å². The predicted molar refractivity (Wildman–Crippen MR) is 89.3 cm³/mol. The minimum atomic E-state index is -3.78. The fourth-order valence-corrected chi connectivity index (χ4v) is 8.11. The molecule has 0 aliphatic carbocycles.